The lowest BCUT2D eigenvalue weighted by Crippen LogP contribution is -2.34. The molecule has 0 spiro atoms. The van der Waals surface area contributed by atoms with Crippen LogP contribution in [0.3, 0.4) is 0 Å². The van der Waals surface area contributed by atoms with Gasteiger partial charge in [0.25, 0.3) is 12.4 Å². The number of hydrogen-bond donors (Lipinski definition) is 7. The van der Waals surface area contributed by atoms with Gasteiger partial charge in [-0.05, 0) is 5.38 Å². The van der Waals surface area contributed by atoms with Gasteiger partial charge < -0.3 is 54.6 Å². The second-order valence-electron chi connectivity index (χ2n) is 8.97. The smallest absolute Gasteiger partial charge is 0.463 e. The van der Waals surface area contributed by atoms with Crippen LogP contribution in [0.5, 0.6) is 0 Å². The maximum Gasteiger partial charge on any atom is 0.490 e. The Kier molecular flexibility index (Phi) is 9.74. The molecule has 3 aromatic rings. The van der Waals surface area contributed by atoms with Crippen molar-refractivity contribution in [1.82, 2.24) is 19.5 Å². The number of aromatic nitrogens is 4. The topological polar surface area (TPSA) is 315 Å². The number of rotatable bonds is 13. The first-order valence-corrected chi connectivity index (χ1v) is 17.8. The molecule has 5 rings (SSSR count). The molecule has 0 bridgehead atoms. The second-order valence-corrected chi connectivity index (χ2v) is 14.5. The van der Waals surface area contributed by atoms with E-state index in [0.29, 0.717) is 11.3 Å². The van der Waals surface area contributed by atoms with Crippen LogP contribution in [0.1, 0.15) is 11.8 Å². The maximum atomic E-state index is 13.1. The number of imidazole rings is 1. The summed E-state index contributed by atoms with van der Waals surface area (Å²) >= 11 is 6.41. The van der Waals surface area contributed by atoms with Crippen molar-refractivity contribution in [3.8, 4) is 0 Å². The minimum atomic E-state index is -5.79. The van der Waals surface area contributed by atoms with E-state index in [2.05, 4.69) is 28.9 Å². The predicted octanol–water partition coefficient (Wildman–Crippen LogP) is 0.795. The molecule has 5 heterocycles. The summed E-state index contributed by atoms with van der Waals surface area (Å²) in [5.41, 5.74) is 7.02. The van der Waals surface area contributed by atoms with E-state index in [1.54, 1.807) is 10.8 Å². The molecular formula is C18H21N6O16P3S2. The lowest BCUT2D eigenvalue weighted by molar-refractivity contribution is -0.166. The number of nitrogens with zero attached hydrogens (tertiary/aromatic N) is 3. The predicted molar refractivity (Wildman–Crippen MR) is 148 cm³/mol. The molecule has 2 saturated heterocycles. The van der Waals surface area contributed by atoms with Crippen LogP contribution < -0.4 is 11.1 Å². The van der Waals surface area contributed by atoms with Crippen molar-refractivity contribution in [2.75, 3.05) is 17.7 Å². The van der Waals surface area contributed by atoms with Gasteiger partial charge in [-0.15, -0.1) is 11.3 Å². The van der Waals surface area contributed by atoms with Crippen molar-refractivity contribution < 1.29 is 75.0 Å². The molecule has 7 atom stereocenters. The van der Waals surface area contributed by atoms with Gasteiger partial charge in [0.2, 0.25) is 6.29 Å². The van der Waals surface area contributed by atoms with Gasteiger partial charge in [-0.25, -0.2) is 23.7 Å². The molecule has 3 aromatic heterocycles. The van der Waals surface area contributed by atoms with Crippen LogP contribution in [0, 0.1) is 4.64 Å². The quantitative estimate of drug-likeness (QED) is 0.0725. The first kappa shape index (κ1) is 33.9. The third kappa shape index (κ3) is 7.91. The number of nitrogens with one attached hydrogen (secondary N) is 2. The largest absolute Gasteiger partial charge is 0.490 e. The number of phosphoric ester groups is 1. The summed E-state index contributed by atoms with van der Waals surface area (Å²) in [7, 11) is -17.0. The number of carbonyl (C=O) groups is 2. The molecule has 0 aliphatic carbocycles. The molecule has 27 heteroatoms. The molecule has 7 unspecified atom stereocenters. The van der Waals surface area contributed by atoms with Crippen molar-refractivity contribution in [3.63, 3.8) is 0 Å². The van der Waals surface area contributed by atoms with E-state index in [1.165, 1.54) is 22.2 Å². The van der Waals surface area contributed by atoms with Gasteiger partial charge in [-0.1, -0.05) is 12.2 Å². The van der Waals surface area contributed by atoms with E-state index in [-0.39, 0.29) is 34.8 Å². The minimum Gasteiger partial charge on any atom is -0.463 e. The molecule has 1 amide bonds. The van der Waals surface area contributed by atoms with Gasteiger partial charge >= 0.3 is 23.5 Å². The highest BCUT2D eigenvalue weighted by Crippen LogP contribution is 2.66. The third-order valence-corrected chi connectivity index (χ3v) is 10.8. The highest BCUT2D eigenvalue weighted by atomic mass is 32.1. The van der Waals surface area contributed by atoms with Gasteiger partial charge in [-0.3, -0.25) is 18.7 Å². The Hall–Kier alpha value is -2.50. The van der Waals surface area contributed by atoms with Crippen LogP contribution in [-0.4, -0.2) is 82.7 Å². The summed E-state index contributed by atoms with van der Waals surface area (Å²) in [6.07, 6.45) is -5.17. The zero-order valence-corrected chi connectivity index (χ0v) is 26.2. The number of ether oxygens (including phenoxy) is 4. The molecule has 0 saturated carbocycles. The molecule has 8 N–H and O–H groups in total. The molecular weight excluding hydrogens is 713 g/mol. The van der Waals surface area contributed by atoms with E-state index in [4.69, 9.17) is 51.2 Å². The number of thiophene rings is 1. The fraction of sp³-hybridized carbons (Fsp3) is 0.389. The summed E-state index contributed by atoms with van der Waals surface area (Å²) in [6.45, 7) is -0.791. The number of H-pyrrole nitrogens is 1. The first-order valence-electron chi connectivity index (χ1n) is 11.9. The number of nitrogen functional groups attached to an aromatic ring is 1. The normalized spacial score (nSPS) is 25.8. The van der Waals surface area contributed by atoms with Gasteiger partial charge in [-0.2, -0.15) is 8.62 Å². The van der Waals surface area contributed by atoms with E-state index < -0.39 is 66.8 Å². The molecule has 0 radical (unpaired) electrons. The van der Waals surface area contributed by atoms with Crippen LogP contribution >= 0.6 is 47.0 Å². The van der Waals surface area contributed by atoms with Crippen molar-refractivity contribution in [3.05, 3.63) is 27.3 Å². The van der Waals surface area contributed by atoms with Crippen LogP contribution in [-0.2, 0) is 62.0 Å². The standard InChI is InChI=1S/C18H21N6O16P3S2/c19-18-22-13-10(15(44)23-18)20-5-24(13)16-12-11(9(36-16)2-35-42(30,31)40-43(32,33)39-41(27,28)29)37-17(38-12)14(26)21-8-4-45-3-7(8)1-34-6-25/h3-6,9,11-12,16-17H,1-2H2,(H,21,26)(H,30,31)(H,32,33)(H2,27,28,29)(H3,19,22,23,44). The molecule has 0 aromatic carbocycles. The van der Waals surface area contributed by atoms with Crippen LogP contribution in [0.15, 0.2) is 17.1 Å². The van der Waals surface area contributed by atoms with Gasteiger partial charge in [0.15, 0.2) is 16.8 Å². The number of carbonyl (C=O) groups excluding carboxylic acids is 2. The Morgan fingerprint density at radius 2 is 1.89 bits per heavy atom. The monoisotopic (exact) mass is 734 g/mol. The Balaban J connectivity index is 1.37. The van der Waals surface area contributed by atoms with Gasteiger partial charge in [0, 0.05) is 10.9 Å². The Morgan fingerprint density at radius 3 is 2.60 bits per heavy atom. The van der Waals surface area contributed by atoms with E-state index in [1.807, 2.05) is 0 Å². The number of nitrogens with two attached hydrogens (primary N) is 1. The average molecular weight is 734 g/mol. The van der Waals surface area contributed by atoms with Crippen LogP contribution in [0.2, 0.25) is 0 Å². The van der Waals surface area contributed by atoms with Crippen molar-refractivity contribution in [2.45, 2.75) is 37.4 Å². The summed E-state index contributed by atoms with van der Waals surface area (Å²) in [5, 5.41) is 5.81. The fourth-order valence-corrected chi connectivity index (χ4v) is 8.35. The first-order chi connectivity index (χ1) is 21.1. The number of aromatic amines is 1. The summed E-state index contributed by atoms with van der Waals surface area (Å²) in [5.74, 6) is -0.858. The van der Waals surface area contributed by atoms with E-state index in [0.717, 1.165) is 0 Å². The zero-order valence-electron chi connectivity index (χ0n) is 21.9. The molecule has 246 valence electrons. The Labute approximate surface area is 258 Å². The number of hydrogen-bond acceptors (Lipinski definition) is 17. The zero-order chi connectivity index (χ0) is 32.7. The van der Waals surface area contributed by atoms with Crippen molar-refractivity contribution >= 4 is 82.2 Å². The number of fused-ring (bicyclic) bond motifs is 2. The lowest BCUT2D eigenvalue weighted by atomic mass is 10.1. The average Bonchev–Trinajstić information content (AvgIpc) is 3.68. The summed E-state index contributed by atoms with van der Waals surface area (Å²) in [6, 6.07) is 0. The lowest BCUT2D eigenvalue weighted by Gasteiger charge is -2.22. The number of amides is 1. The number of phosphoric acid groups is 3. The highest BCUT2D eigenvalue weighted by Gasteiger charge is 2.56. The molecule has 2 aliphatic rings. The van der Waals surface area contributed by atoms with E-state index >= 15 is 0 Å². The van der Waals surface area contributed by atoms with Crippen molar-refractivity contribution in [2.24, 2.45) is 0 Å². The summed E-state index contributed by atoms with van der Waals surface area (Å²) < 4.78 is 70.9. The van der Waals surface area contributed by atoms with Crippen LogP contribution in [0.25, 0.3) is 11.2 Å². The highest BCUT2D eigenvalue weighted by molar-refractivity contribution is 7.71. The SMILES string of the molecule is Nc1nc(=S)c2ncn(C3OC(COP(=O)(O)OP(=O)(O)OP(=O)(O)O)C4OC(C(=O)Nc5cscc5COC=O)OC43)c2[nH]1. The Bertz CT molecular complexity index is 1810. The summed E-state index contributed by atoms with van der Waals surface area (Å²) in [4.78, 5) is 71.4. The molecule has 22 nitrogen and oxygen atoms in total. The third-order valence-electron chi connectivity index (χ3n) is 5.92. The fourth-order valence-electron chi connectivity index (χ4n) is 4.29. The minimum absolute atomic E-state index is 0.0460. The second kappa shape index (κ2) is 13.0. The van der Waals surface area contributed by atoms with E-state index in [9.17, 15) is 33.1 Å². The molecule has 45 heavy (non-hydrogen) atoms. The maximum absolute atomic E-state index is 13.1. The molecule has 2 aliphatic heterocycles. The van der Waals surface area contributed by atoms with Crippen LogP contribution in [0.4, 0.5) is 11.6 Å². The van der Waals surface area contributed by atoms with Gasteiger partial charge in [0.05, 0.1) is 18.6 Å². The molecule has 2 fully saturated rings. The Morgan fingerprint density at radius 1 is 1.16 bits per heavy atom. The number of anilines is 2. The van der Waals surface area contributed by atoms with Gasteiger partial charge in [0.1, 0.15) is 36.1 Å². The van der Waals surface area contributed by atoms with Crippen molar-refractivity contribution in [1.29, 1.82) is 0 Å².